The van der Waals surface area contributed by atoms with Crippen LogP contribution >= 0.6 is 0 Å². The van der Waals surface area contributed by atoms with Crippen LogP contribution in [-0.2, 0) is 14.3 Å². The number of hydrogen-bond acceptors (Lipinski definition) is 4. The number of methoxy groups -OCH3 is 1. The molecule has 0 saturated carbocycles. The van der Waals surface area contributed by atoms with Gasteiger partial charge in [0.05, 0.1) is 7.11 Å². The van der Waals surface area contributed by atoms with Gasteiger partial charge in [-0.3, -0.25) is 9.59 Å². The van der Waals surface area contributed by atoms with Crippen molar-refractivity contribution in [3.63, 3.8) is 0 Å². The van der Waals surface area contributed by atoms with E-state index in [-0.39, 0.29) is 11.5 Å². The lowest BCUT2D eigenvalue weighted by Crippen LogP contribution is -2.14. The highest BCUT2D eigenvalue weighted by molar-refractivity contribution is 6.15. The predicted octanol–water partition coefficient (Wildman–Crippen LogP) is 2.58. The second kappa shape index (κ2) is 5.69. The number of carbonyl (C=O) groups is 2. The molecule has 0 aromatic heterocycles. The van der Waals surface area contributed by atoms with Gasteiger partial charge in [-0.05, 0) is 30.2 Å². The van der Waals surface area contributed by atoms with Crippen LogP contribution in [0.4, 0.5) is 0 Å². The molecule has 1 aromatic rings. The standard InChI is InChI=1S/C15H16O4/c1-3-4-12-14(16)13(19-15(12)17)9-10-5-7-11(18-2)8-6-10/h5-9,12H,3-4H2,1-2H3. The topological polar surface area (TPSA) is 52.6 Å². The van der Waals surface area contributed by atoms with E-state index >= 15 is 0 Å². The van der Waals surface area contributed by atoms with E-state index in [1.54, 1.807) is 37.5 Å². The number of allylic oxidation sites excluding steroid dienone is 1. The van der Waals surface area contributed by atoms with Crippen molar-refractivity contribution >= 4 is 17.8 Å². The van der Waals surface area contributed by atoms with Gasteiger partial charge >= 0.3 is 5.97 Å². The summed E-state index contributed by atoms with van der Waals surface area (Å²) in [6.45, 7) is 1.94. The van der Waals surface area contributed by atoms with Crippen LogP contribution in [0.15, 0.2) is 30.0 Å². The Morgan fingerprint density at radius 2 is 1.95 bits per heavy atom. The van der Waals surface area contributed by atoms with Crippen molar-refractivity contribution in [3.8, 4) is 5.75 Å². The molecule has 100 valence electrons. The molecule has 0 spiro atoms. The second-order valence-electron chi connectivity index (χ2n) is 4.41. The third-order valence-electron chi connectivity index (χ3n) is 3.05. The normalized spacial score (nSPS) is 20.7. The molecule has 0 radical (unpaired) electrons. The molecule has 1 aromatic carbocycles. The quantitative estimate of drug-likeness (QED) is 0.474. The van der Waals surface area contributed by atoms with Gasteiger partial charge in [0.2, 0.25) is 5.78 Å². The Morgan fingerprint density at radius 3 is 2.53 bits per heavy atom. The van der Waals surface area contributed by atoms with Crippen LogP contribution < -0.4 is 4.74 Å². The molecule has 19 heavy (non-hydrogen) atoms. The van der Waals surface area contributed by atoms with E-state index in [0.29, 0.717) is 6.42 Å². The molecular weight excluding hydrogens is 244 g/mol. The van der Waals surface area contributed by atoms with Crippen LogP contribution in [0.3, 0.4) is 0 Å². The molecule has 2 rings (SSSR count). The van der Waals surface area contributed by atoms with E-state index < -0.39 is 11.9 Å². The van der Waals surface area contributed by atoms with E-state index in [0.717, 1.165) is 17.7 Å². The largest absolute Gasteiger partial charge is 0.497 e. The molecular formula is C15H16O4. The highest BCUT2D eigenvalue weighted by Gasteiger charge is 2.38. The Hall–Kier alpha value is -2.10. The number of hydrogen-bond donors (Lipinski definition) is 0. The van der Waals surface area contributed by atoms with E-state index in [1.165, 1.54) is 0 Å². The van der Waals surface area contributed by atoms with Crippen LogP contribution in [0, 0.1) is 5.92 Å². The SMILES string of the molecule is CCCC1C(=O)OC(=Cc2ccc(OC)cc2)C1=O. The summed E-state index contributed by atoms with van der Waals surface area (Å²) in [6.07, 6.45) is 2.91. The van der Waals surface area contributed by atoms with Gasteiger partial charge in [0.1, 0.15) is 11.7 Å². The number of benzene rings is 1. The fraction of sp³-hybridized carbons (Fsp3) is 0.333. The maximum Gasteiger partial charge on any atom is 0.322 e. The molecule has 4 heteroatoms. The number of rotatable bonds is 4. The number of carbonyl (C=O) groups excluding carboxylic acids is 2. The second-order valence-corrected chi connectivity index (χ2v) is 4.41. The fourth-order valence-electron chi connectivity index (χ4n) is 2.00. The molecule has 0 amide bonds. The average Bonchev–Trinajstić information content (AvgIpc) is 2.68. The van der Waals surface area contributed by atoms with Crippen molar-refractivity contribution < 1.29 is 19.1 Å². The van der Waals surface area contributed by atoms with Crippen molar-refractivity contribution in [1.29, 1.82) is 0 Å². The van der Waals surface area contributed by atoms with Gasteiger partial charge in [-0.25, -0.2) is 0 Å². The summed E-state index contributed by atoms with van der Waals surface area (Å²) in [5.41, 5.74) is 0.800. The van der Waals surface area contributed by atoms with Crippen molar-refractivity contribution in [1.82, 2.24) is 0 Å². The lowest BCUT2D eigenvalue weighted by Gasteiger charge is -2.00. The molecule has 1 saturated heterocycles. The summed E-state index contributed by atoms with van der Waals surface area (Å²) in [6, 6.07) is 7.19. The first-order valence-electron chi connectivity index (χ1n) is 6.27. The first-order valence-corrected chi connectivity index (χ1v) is 6.27. The Labute approximate surface area is 112 Å². The third kappa shape index (κ3) is 2.84. The molecule has 4 nitrogen and oxygen atoms in total. The van der Waals surface area contributed by atoms with Gasteiger partial charge < -0.3 is 9.47 Å². The summed E-state index contributed by atoms with van der Waals surface area (Å²) in [5, 5.41) is 0. The van der Waals surface area contributed by atoms with Crippen LogP contribution in [-0.4, -0.2) is 18.9 Å². The summed E-state index contributed by atoms with van der Waals surface area (Å²) in [5.74, 6) is -0.418. The maximum absolute atomic E-state index is 12.0. The van der Waals surface area contributed by atoms with Gasteiger partial charge in [-0.15, -0.1) is 0 Å². The van der Waals surface area contributed by atoms with E-state index in [2.05, 4.69) is 0 Å². The summed E-state index contributed by atoms with van der Waals surface area (Å²) < 4.78 is 10.1. The Bertz CT molecular complexity index is 513. The molecule has 1 unspecified atom stereocenters. The third-order valence-corrected chi connectivity index (χ3v) is 3.05. The van der Waals surface area contributed by atoms with Gasteiger partial charge in [0, 0.05) is 0 Å². The monoisotopic (exact) mass is 260 g/mol. The zero-order valence-electron chi connectivity index (χ0n) is 11.0. The van der Waals surface area contributed by atoms with Crippen LogP contribution in [0.1, 0.15) is 25.3 Å². The zero-order chi connectivity index (χ0) is 13.8. The predicted molar refractivity (Wildman–Crippen MR) is 70.5 cm³/mol. The lowest BCUT2D eigenvalue weighted by molar-refractivity contribution is -0.139. The summed E-state index contributed by atoms with van der Waals surface area (Å²) >= 11 is 0. The zero-order valence-corrected chi connectivity index (χ0v) is 11.0. The molecule has 1 atom stereocenters. The Kier molecular flexibility index (Phi) is 4.00. The van der Waals surface area contributed by atoms with Gasteiger partial charge in [0.25, 0.3) is 0 Å². The van der Waals surface area contributed by atoms with Gasteiger partial charge in [-0.2, -0.15) is 0 Å². The molecule has 0 N–H and O–H groups in total. The summed E-state index contributed by atoms with van der Waals surface area (Å²) in [7, 11) is 1.59. The van der Waals surface area contributed by atoms with Gasteiger partial charge in [-0.1, -0.05) is 25.5 Å². The molecule has 1 aliphatic heterocycles. The number of esters is 1. The minimum atomic E-state index is -0.630. The van der Waals surface area contributed by atoms with E-state index in [4.69, 9.17) is 9.47 Å². The van der Waals surface area contributed by atoms with Gasteiger partial charge in [0.15, 0.2) is 5.76 Å². The highest BCUT2D eigenvalue weighted by Crippen LogP contribution is 2.26. The number of Topliss-reactive ketones (excluding diaryl/α,β-unsaturated/α-hetero) is 1. The minimum Gasteiger partial charge on any atom is -0.497 e. The number of cyclic esters (lactones) is 1. The maximum atomic E-state index is 12.0. The molecule has 1 fully saturated rings. The molecule has 1 aliphatic rings. The van der Waals surface area contributed by atoms with Crippen molar-refractivity contribution in [2.24, 2.45) is 5.92 Å². The fourth-order valence-corrected chi connectivity index (χ4v) is 2.00. The Balaban J connectivity index is 2.19. The average molecular weight is 260 g/mol. The van der Waals surface area contributed by atoms with Crippen molar-refractivity contribution in [3.05, 3.63) is 35.6 Å². The number of ether oxygens (including phenoxy) is 2. The van der Waals surface area contributed by atoms with Crippen molar-refractivity contribution in [2.75, 3.05) is 7.11 Å². The molecule has 0 bridgehead atoms. The first-order chi connectivity index (χ1) is 9.15. The van der Waals surface area contributed by atoms with Crippen LogP contribution in [0.2, 0.25) is 0 Å². The first kappa shape index (κ1) is 13.3. The lowest BCUT2D eigenvalue weighted by atomic mass is 9.99. The van der Waals surface area contributed by atoms with Crippen molar-refractivity contribution in [2.45, 2.75) is 19.8 Å². The van der Waals surface area contributed by atoms with Crippen LogP contribution in [0.25, 0.3) is 6.08 Å². The highest BCUT2D eigenvalue weighted by atomic mass is 16.5. The van der Waals surface area contributed by atoms with Crippen LogP contribution in [0.5, 0.6) is 5.75 Å². The Morgan fingerprint density at radius 1 is 1.26 bits per heavy atom. The van der Waals surface area contributed by atoms with E-state index in [1.807, 2.05) is 6.92 Å². The van der Waals surface area contributed by atoms with E-state index in [9.17, 15) is 9.59 Å². The minimum absolute atomic E-state index is 0.133. The number of ketones is 1. The summed E-state index contributed by atoms with van der Waals surface area (Å²) in [4.78, 5) is 23.6. The smallest absolute Gasteiger partial charge is 0.322 e. The molecule has 1 heterocycles. The molecule has 0 aliphatic carbocycles.